The van der Waals surface area contributed by atoms with Gasteiger partial charge in [-0.3, -0.25) is 0 Å². The van der Waals surface area contributed by atoms with E-state index in [1.165, 1.54) is 12.1 Å². The molecule has 0 amide bonds. The minimum absolute atomic E-state index is 0.0205. The number of allylic oxidation sites excluding steroid dienone is 2. The first-order valence-electron chi connectivity index (χ1n) is 5.02. The molecule has 4 nitrogen and oxygen atoms in total. The van der Waals surface area contributed by atoms with Crippen LogP contribution in [0.4, 0.5) is 18.9 Å². The number of nitrogens with one attached hydrogen (secondary N) is 1. The van der Waals surface area contributed by atoms with Crippen LogP contribution < -0.4 is 5.32 Å². The summed E-state index contributed by atoms with van der Waals surface area (Å²) in [4.78, 5) is 0. The van der Waals surface area contributed by atoms with Crippen molar-refractivity contribution in [2.75, 3.05) is 5.32 Å². The molecule has 0 saturated heterocycles. The highest BCUT2D eigenvalue weighted by molar-refractivity contribution is 9.11. The summed E-state index contributed by atoms with van der Waals surface area (Å²) in [5.41, 5.74) is -1.63. The molecule has 21 heavy (non-hydrogen) atoms. The van der Waals surface area contributed by atoms with Crippen molar-refractivity contribution in [1.29, 1.82) is 15.8 Å². The molecule has 0 unspecified atom stereocenters. The van der Waals surface area contributed by atoms with Gasteiger partial charge in [0.15, 0.2) is 5.57 Å². The second-order valence-corrected chi connectivity index (χ2v) is 5.23. The highest BCUT2D eigenvalue weighted by Crippen LogP contribution is 2.39. The minimum atomic E-state index is -4.53. The van der Waals surface area contributed by atoms with Crippen LogP contribution >= 0.6 is 31.9 Å². The van der Waals surface area contributed by atoms with E-state index < -0.39 is 17.3 Å². The molecule has 9 heteroatoms. The van der Waals surface area contributed by atoms with Crippen molar-refractivity contribution < 1.29 is 13.2 Å². The largest absolute Gasteiger partial charge is 0.416 e. The molecule has 106 valence electrons. The molecule has 1 aromatic carbocycles. The van der Waals surface area contributed by atoms with Gasteiger partial charge in [0.25, 0.3) is 0 Å². The molecule has 0 aromatic heterocycles. The number of nitriles is 3. The van der Waals surface area contributed by atoms with Gasteiger partial charge in [-0.1, -0.05) is 0 Å². The lowest BCUT2D eigenvalue weighted by Crippen LogP contribution is -2.07. The fourth-order valence-electron chi connectivity index (χ4n) is 1.26. The van der Waals surface area contributed by atoms with Crippen molar-refractivity contribution in [3.8, 4) is 18.2 Å². The van der Waals surface area contributed by atoms with E-state index in [4.69, 9.17) is 15.8 Å². The Balaban J connectivity index is 3.37. The van der Waals surface area contributed by atoms with Crippen LogP contribution in [0.1, 0.15) is 5.56 Å². The van der Waals surface area contributed by atoms with E-state index in [0.29, 0.717) is 0 Å². The predicted octanol–water partition coefficient (Wildman–Crippen LogP) is 4.47. The Morgan fingerprint density at radius 1 is 1.00 bits per heavy atom. The molecule has 1 rings (SSSR count). The summed E-state index contributed by atoms with van der Waals surface area (Å²) in [5, 5.41) is 28.8. The lowest BCUT2D eigenvalue weighted by Gasteiger charge is -2.13. The molecule has 0 atom stereocenters. The zero-order chi connectivity index (χ0) is 16.2. The fourth-order valence-corrected chi connectivity index (χ4v) is 2.65. The number of halogens is 5. The summed E-state index contributed by atoms with van der Waals surface area (Å²) < 4.78 is 37.9. The first kappa shape index (κ1) is 17.0. The molecule has 0 spiro atoms. The normalized spacial score (nSPS) is 10.0. The fraction of sp³-hybridized carbons (Fsp3) is 0.0833. The number of hydrogen-bond acceptors (Lipinski definition) is 4. The van der Waals surface area contributed by atoms with E-state index in [-0.39, 0.29) is 20.3 Å². The molecule has 1 N–H and O–H groups in total. The first-order valence-corrected chi connectivity index (χ1v) is 6.61. The quantitative estimate of drug-likeness (QED) is 0.717. The zero-order valence-electron chi connectivity index (χ0n) is 9.89. The van der Waals surface area contributed by atoms with E-state index in [2.05, 4.69) is 37.2 Å². The Bertz CT molecular complexity index is 694. The summed E-state index contributed by atoms with van der Waals surface area (Å²) in [5.74, 6) is 0. The smallest absolute Gasteiger partial charge is 0.343 e. The van der Waals surface area contributed by atoms with Crippen LogP contribution in [0, 0.1) is 34.0 Å². The monoisotopic (exact) mass is 418 g/mol. The third-order valence-corrected chi connectivity index (χ3v) is 3.46. The Morgan fingerprint density at radius 2 is 1.48 bits per heavy atom. The number of rotatable bonds is 2. The number of anilines is 1. The maximum atomic E-state index is 12.6. The highest BCUT2D eigenvalue weighted by atomic mass is 79.9. The lowest BCUT2D eigenvalue weighted by molar-refractivity contribution is -0.137. The lowest BCUT2D eigenvalue weighted by atomic mass is 10.2. The van der Waals surface area contributed by atoms with Gasteiger partial charge in [-0.25, -0.2) is 0 Å². The number of nitrogens with zero attached hydrogens (tertiary/aromatic N) is 3. The summed E-state index contributed by atoms with van der Waals surface area (Å²) >= 11 is 5.90. The van der Waals surface area contributed by atoms with Crippen molar-refractivity contribution in [1.82, 2.24) is 0 Å². The van der Waals surface area contributed by atoms with Crippen molar-refractivity contribution >= 4 is 37.5 Å². The average Bonchev–Trinajstić information content (AvgIpc) is 2.40. The van der Waals surface area contributed by atoms with Crippen LogP contribution in [0.15, 0.2) is 32.3 Å². The van der Waals surface area contributed by atoms with Gasteiger partial charge in [-0.05, 0) is 44.0 Å². The van der Waals surface area contributed by atoms with E-state index in [9.17, 15) is 13.2 Å². The highest BCUT2D eigenvalue weighted by Gasteiger charge is 2.32. The second-order valence-electron chi connectivity index (χ2n) is 3.52. The van der Waals surface area contributed by atoms with Gasteiger partial charge in [0.1, 0.15) is 23.9 Å². The van der Waals surface area contributed by atoms with E-state index in [1.54, 1.807) is 6.07 Å². The Morgan fingerprint density at radius 3 is 1.81 bits per heavy atom. The van der Waals surface area contributed by atoms with Crippen molar-refractivity contribution in [3.05, 3.63) is 37.9 Å². The number of benzene rings is 1. The molecular formula is C12H3Br2F3N4. The third kappa shape index (κ3) is 3.98. The van der Waals surface area contributed by atoms with Crippen LogP contribution in [0.25, 0.3) is 0 Å². The first-order chi connectivity index (χ1) is 9.74. The summed E-state index contributed by atoms with van der Waals surface area (Å²) in [7, 11) is 0. The SMILES string of the molecule is N#CC(C#N)=C(C#N)Nc1c(Br)cc(C(F)(F)F)cc1Br. The van der Waals surface area contributed by atoms with Gasteiger partial charge >= 0.3 is 6.18 Å². The standard InChI is InChI=1S/C12H3Br2F3N4/c13-8-1-7(12(15,16)17)2-9(14)11(8)21-10(5-20)6(3-18)4-19/h1-2,21H. The average molecular weight is 420 g/mol. The van der Waals surface area contributed by atoms with E-state index in [0.717, 1.165) is 12.1 Å². The minimum Gasteiger partial charge on any atom is -0.343 e. The maximum Gasteiger partial charge on any atom is 0.416 e. The van der Waals surface area contributed by atoms with Gasteiger partial charge in [-0.15, -0.1) is 0 Å². The van der Waals surface area contributed by atoms with Gasteiger partial charge in [0.05, 0.1) is 11.3 Å². The predicted molar refractivity (Wildman–Crippen MR) is 74.3 cm³/mol. The van der Waals surface area contributed by atoms with Crippen molar-refractivity contribution in [3.63, 3.8) is 0 Å². The maximum absolute atomic E-state index is 12.6. The second kappa shape index (κ2) is 6.62. The molecule has 1 aromatic rings. The summed E-state index contributed by atoms with van der Waals surface area (Å²) in [6.07, 6.45) is -4.53. The molecule has 0 aliphatic carbocycles. The van der Waals surface area contributed by atoms with Crippen LogP contribution in [0.5, 0.6) is 0 Å². The zero-order valence-corrected chi connectivity index (χ0v) is 13.1. The molecule has 0 aliphatic heterocycles. The van der Waals surface area contributed by atoms with Crippen molar-refractivity contribution in [2.24, 2.45) is 0 Å². The molecule has 0 fully saturated rings. The van der Waals surface area contributed by atoms with Crippen LogP contribution in [0.2, 0.25) is 0 Å². The summed E-state index contributed by atoms with van der Waals surface area (Å²) in [6.45, 7) is 0. The molecule has 0 saturated carbocycles. The molecular weight excluding hydrogens is 417 g/mol. The Kier molecular flexibility index (Phi) is 5.37. The number of hydrogen-bond donors (Lipinski definition) is 1. The van der Waals surface area contributed by atoms with Gasteiger partial charge in [0.2, 0.25) is 0 Å². The van der Waals surface area contributed by atoms with Gasteiger partial charge in [0, 0.05) is 8.95 Å². The van der Waals surface area contributed by atoms with Gasteiger partial charge < -0.3 is 5.32 Å². The molecule has 0 heterocycles. The van der Waals surface area contributed by atoms with Crippen LogP contribution in [-0.2, 0) is 6.18 Å². The molecule has 0 aliphatic rings. The topological polar surface area (TPSA) is 83.4 Å². The van der Waals surface area contributed by atoms with Crippen LogP contribution in [-0.4, -0.2) is 0 Å². The summed E-state index contributed by atoms with van der Waals surface area (Å²) in [6, 6.07) is 6.29. The number of alkyl halides is 3. The van der Waals surface area contributed by atoms with Crippen LogP contribution in [0.3, 0.4) is 0 Å². The Hall–Kier alpha value is -2.02. The van der Waals surface area contributed by atoms with E-state index >= 15 is 0 Å². The Labute approximate surface area is 134 Å². The third-order valence-electron chi connectivity index (χ3n) is 2.20. The molecule has 0 bridgehead atoms. The van der Waals surface area contributed by atoms with E-state index in [1.807, 2.05) is 0 Å². The van der Waals surface area contributed by atoms with Crippen molar-refractivity contribution in [2.45, 2.75) is 6.18 Å². The molecule has 0 radical (unpaired) electrons. The van der Waals surface area contributed by atoms with Gasteiger partial charge in [-0.2, -0.15) is 29.0 Å².